The van der Waals surface area contributed by atoms with Crippen LogP contribution in [0.1, 0.15) is 37.0 Å². The SMILES string of the molecule is CN1CCC(c2nc3cccnc3n2C2CC2)C1. The minimum atomic E-state index is 0.588. The standard InChI is InChI=1S/C14H18N4/c1-17-8-6-10(9-17)13-16-12-3-2-7-15-14(12)18(13)11-4-5-11/h2-3,7,10-11H,4-6,8-9H2,1H3. The van der Waals surface area contributed by atoms with Crippen LogP contribution in [0.3, 0.4) is 0 Å². The quantitative estimate of drug-likeness (QED) is 0.809. The van der Waals surface area contributed by atoms with Gasteiger partial charge in [-0.25, -0.2) is 9.97 Å². The predicted molar refractivity (Wildman–Crippen MR) is 70.7 cm³/mol. The highest BCUT2D eigenvalue weighted by Gasteiger charge is 2.33. The maximum Gasteiger partial charge on any atom is 0.160 e. The summed E-state index contributed by atoms with van der Waals surface area (Å²) in [6.07, 6.45) is 5.69. The molecule has 2 aromatic rings. The molecule has 0 aromatic carbocycles. The van der Waals surface area contributed by atoms with Gasteiger partial charge in [0.25, 0.3) is 0 Å². The molecule has 1 aliphatic heterocycles. The van der Waals surface area contributed by atoms with Gasteiger partial charge in [0.05, 0.1) is 0 Å². The number of hydrogen-bond acceptors (Lipinski definition) is 3. The third kappa shape index (κ3) is 1.56. The van der Waals surface area contributed by atoms with Crippen molar-refractivity contribution in [3.8, 4) is 0 Å². The summed E-state index contributed by atoms with van der Waals surface area (Å²) in [5.74, 6) is 1.86. The lowest BCUT2D eigenvalue weighted by atomic mass is 10.1. The Morgan fingerprint density at radius 1 is 1.28 bits per heavy atom. The van der Waals surface area contributed by atoms with E-state index in [9.17, 15) is 0 Å². The number of pyridine rings is 1. The first-order chi connectivity index (χ1) is 8.83. The molecule has 0 amide bonds. The van der Waals surface area contributed by atoms with Crippen LogP contribution in [0.4, 0.5) is 0 Å². The highest BCUT2D eigenvalue weighted by molar-refractivity contribution is 5.71. The second-order valence-corrected chi connectivity index (χ2v) is 5.67. The summed E-state index contributed by atoms with van der Waals surface area (Å²) < 4.78 is 2.42. The number of rotatable bonds is 2. The summed E-state index contributed by atoms with van der Waals surface area (Å²) in [5, 5.41) is 0. The van der Waals surface area contributed by atoms with Crippen LogP contribution < -0.4 is 0 Å². The van der Waals surface area contributed by atoms with Crippen LogP contribution in [0.5, 0.6) is 0 Å². The number of nitrogens with zero attached hydrogens (tertiary/aromatic N) is 4. The van der Waals surface area contributed by atoms with Gasteiger partial charge in [-0.1, -0.05) is 0 Å². The summed E-state index contributed by atoms with van der Waals surface area (Å²) in [4.78, 5) is 11.8. The molecule has 4 heteroatoms. The molecule has 0 bridgehead atoms. The van der Waals surface area contributed by atoms with E-state index in [2.05, 4.69) is 27.6 Å². The van der Waals surface area contributed by atoms with Gasteiger partial charge in [-0.05, 0) is 45.0 Å². The molecule has 1 atom stereocenters. The van der Waals surface area contributed by atoms with Crippen molar-refractivity contribution in [3.63, 3.8) is 0 Å². The van der Waals surface area contributed by atoms with Gasteiger partial charge >= 0.3 is 0 Å². The zero-order valence-corrected chi connectivity index (χ0v) is 10.7. The van der Waals surface area contributed by atoms with Crippen molar-refractivity contribution in [2.24, 2.45) is 0 Å². The molecule has 0 spiro atoms. The average molecular weight is 242 g/mol. The van der Waals surface area contributed by atoms with Gasteiger partial charge in [0.1, 0.15) is 11.3 Å². The smallest absolute Gasteiger partial charge is 0.160 e. The zero-order valence-electron chi connectivity index (χ0n) is 10.7. The Bertz CT molecular complexity index is 584. The molecule has 2 aromatic heterocycles. The highest BCUT2D eigenvalue weighted by Crippen LogP contribution is 2.40. The molecular weight excluding hydrogens is 224 g/mol. The minimum Gasteiger partial charge on any atom is -0.309 e. The number of likely N-dealkylation sites (tertiary alicyclic amines) is 1. The second kappa shape index (κ2) is 3.79. The third-order valence-corrected chi connectivity index (χ3v) is 4.14. The number of fused-ring (bicyclic) bond motifs is 1. The number of hydrogen-bond donors (Lipinski definition) is 0. The van der Waals surface area contributed by atoms with Crippen molar-refractivity contribution in [1.82, 2.24) is 19.4 Å². The average Bonchev–Trinajstić information content (AvgIpc) is 3.00. The van der Waals surface area contributed by atoms with Crippen molar-refractivity contribution in [1.29, 1.82) is 0 Å². The van der Waals surface area contributed by atoms with Gasteiger partial charge in [-0.15, -0.1) is 0 Å². The molecule has 4 rings (SSSR count). The van der Waals surface area contributed by atoms with Crippen LogP contribution in [0.2, 0.25) is 0 Å². The molecule has 1 aliphatic carbocycles. The van der Waals surface area contributed by atoms with Crippen LogP contribution in [0.25, 0.3) is 11.2 Å². The van der Waals surface area contributed by atoms with E-state index in [4.69, 9.17) is 4.98 Å². The van der Waals surface area contributed by atoms with Crippen molar-refractivity contribution < 1.29 is 0 Å². The molecule has 2 aliphatic rings. The van der Waals surface area contributed by atoms with Gasteiger partial charge in [0.2, 0.25) is 0 Å². The fourth-order valence-electron chi connectivity index (χ4n) is 3.07. The first kappa shape index (κ1) is 10.5. The normalized spacial score (nSPS) is 25.1. The lowest BCUT2D eigenvalue weighted by Gasteiger charge is -2.12. The van der Waals surface area contributed by atoms with Crippen molar-refractivity contribution in [2.45, 2.75) is 31.2 Å². The third-order valence-electron chi connectivity index (χ3n) is 4.14. The van der Waals surface area contributed by atoms with Gasteiger partial charge in [-0.3, -0.25) is 0 Å². The number of likely N-dealkylation sites (N-methyl/N-ethyl adjacent to an activating group) is 1. The van der Waals surface area contributed by atoms with Crippen molar-refractivity contribution in [2.75, 3.05) is 20.1 Å². The summed E-state index contributed by atoms with van der Waals surface area (Å²) >= 11 is 0. The Morgan fingerprint density at radius 2 is 2.17 bits per heavy atom. The molecule has 1 saturated heterocycles. The summed E-state index contributed by atoms with van der Waals surface area (Å²) in [6.45, 7) is 2.32. The monoisotopic (exact) mass is 242 g/mol. The van der Waals surface area contributed by atoms with Gasteiger partial charge in [0.15, 0.2) is 5.65 Å². The number of imidazole rings is 1. The van der Waals surface area contributed by atoms with Crippen LogP contribution in [0.15, 0.2) is 18.3 Å². The first-order valence-electron chi connectivity index (χ1n) is 6.84. The summed E-state index contributed by atoms with van der Waals surface area (Å²) in [6, 6.07) is 4.73. The van der Waals surface area contributed by atoms with Crippen molar-refractivity contribution in [3.05, 3.63) is 24.2 Å². The second-order valence-electron chi connectivity index (χ2n) is 5.67. The topological polar surface area (TPSA) is 34.0 Å². The van der Waals surface area contributed by atoms with E-state index in [0.29, 0.717) is 12.0 Å². The Morgan fingerprint density at radius 3 is 2.89 bits per heavy atom. The van der Waals surface area contributed by atoms with E-state index < -0.39 is 0 Å². The Hall–Kier alpha value is -1.42. The molecule has 18 heavy (non-hydrogen) atoms. The Kier molecular flexibility index (Phi) is 2.21. The largest absolute Gasteiger partial charge is 0.309 e. The fraction of sp³-hybridized carbons (Fsp3) is 0.571. The summed E-state index contributed by atoms with van der Waals surface area (Å²) in [5.41, 5.74) is 2.15. The molecule has 3 heterocycles. The van der Waals surface area contributed by atoms with Crippen LogP contribution in [-0.2, 0) is 0 Å². The minimum absolute atomic E-state index is 0.588. The molecule has 1 saturated carbocycles. The van der Waals surface area contributed by atoms with Gasteiger partial charge < -0.3 is 9.47 Å². The maximum atomic E-state index is 4.86. The fourth-order valence-corrected chi connectivity index (χ4v) is 3.07. The van der Waals surface area contributed by atoms with E-state index in [1.54, 1.807) is 0 Å². The van der Waals surface area contributed by atoms with Crippen LogP contribution in [0, 0.1) is 0 Å². The first-order valence-corrected chi connectivity index (χ1v) is 6.84. The van der Waals surface area contributed by atoms with Gasteiger partial charge in [0, 0.05) is 24.7 Å². The molecule has 94 valence electrons. The lowest BCUT2D eigenvalue weighted by molar-refractivity contribution is 0.408. The van der Waals surface area contributed by atoms with E-state index in [0.717, 1.165) is 17.7 Å². The Labute approximate surface area is 107 Å². The van der Waals surface area contributed by atoms with Gasteiger partial charge in [-0.2, -0.15) is 0 Å². The van der Waals surface area contributed by atoms with Crippen LogP contribution >= 0.6 is 0 Å². The molecule has 1 unspecified atom stereocenters. The predicted octanol–water partition coefficient (Wildman–Crippen LogP) is 2.19. The van der Waals surface area contributed by atoms with E-state index >= 15 is 0 Å². The molecule has 0 radical (unpaired) electrons. The van der Waals surface area contributed by atoms with E-state index in [1.807, 2.05) is 12.3 Å². The molecule has 0 N–H and O–H groups in total. The highest BCUT2D eigenvalue weighted by atomic mass is 15.2. The van der Waals surface area contributed by atoms with E-state index in [-0.39, 0.29) is 0 Å². The van der Waals surface area contributed by atoms with E-state index in [1.165, 1.54) is 31.6 Å². The number of aromatic nitrogens is 3. The summed E-state index contributed by atoms with van der Waals surface area (Å²) in [7, 11) is 2.20. The Balaban J connectivity index is 1.85. The lowest BCUT2D eigenvalue weighted by Crippen LogP contribution is -2.15. The molecule has 4 nitrogen and oxygen atoms in total. The zero-order chi connectivity index (χ0) is 12.1. The molecular formula is C14H18N4. The van der Waals surface area contributed by atoms with Crippen LogP contribution in [-0.4, -0.2) is 39.6 Å². The molecule has 2 fully saturated rings. The maximum absolute atomic E-state index is 4.86. The van der Waals surface area contributed by atoms with Crippen molar-refractivity contribution >= 4 is 11.2 Å².